The molecule has 3 nitrogen and oxygen atoms in total. The predicted octanol–water partition coefficient (Wildman–Crippen LogP) is 5.36. The van der Waals surface area contributed by atoms with E-state index in [1.807, 2.05) is 17.0 Å². The minimum atomic E-state index is -0.0789. The van der Waals surface area contributed by atoms with Gasteiger partial charge in [-0.15, -0.1) is 0 Å². The normalized spacial score (nSPS) is 21.1. The number of rotatable bonds is 3. The molecule has 1 fully saturated rings. The van der Waals surface area contributed by atoms with Crippen molar-refractivity contribution in [2.45, 2.75) is 38.0 Å². The lowest BCUT2D eigenvalue weighted by atomic mass is 9.78. The lowest BCUT2D eigenvalue weighted by Gasteiger charge is -2.27. The number of ether oxygens (including phenoxy) is 1. The van der Waals surface area contributed by atoms with Gasteiger partial charge in [0.2, 0.25) is 0 Å². The highest BCUT2D eigenvalue weighted by Crippen LogP contribution is 2.41. The second-order valence-corrected chi connectivity index (χ2v) is 8.77. The number of carbonyl (C=O) groups excluding carboxylic acids is 1. The number of nitrogens with zero attached hydrogens (tertiary/aromatic N) is 1. The first-order chi connectivity index (χ1) is 14.1. The molecule has 0 saturated carbocycles. The van der Waals surface area contributed by atoms with Crippen molar-refractivity contribution in [1.82, 2.24) is 4.90 Å². The Morgan fingerprint density at radius 1 is 0.966 bits per heavy atom. The molecular formula is C26H27NO2. The van der Waals surface area contributed by atoms with Crippen molar-refractivity contribution in [2.75, 3.05) is 19.7 Å². The van der Waals surface area contributed by atoms with E-state index in [1.165, 1.54) is 28.3 Å². The predicted molar refractivity (Wildman–Crippen MR) is 117 cm³/mol. The molecule has 0 spiro atoms. The number of hydrogen-bond acceptors (Lipinski definition) is 2. The Morgan fingerprint density at radius 2 is 1.76 bits per heavy atom. The fourth-order valence-corrected chi connectivity index (χ4v) is 4.81. The van der Waals surface area contributed by atoms with Gasteiger partial charge in [0.15, 0.2) is 0 Å². The van der Waals surface area contributed by atoms with Gasteiger partial charge < -0.3 is 9.64 Å². The van der Waals surface area contributed by atoms with E-state index >= 15 is 0 Å². The fourth-order valence-electron chi connectivity index (χ4n) is 4.81. The topological polar surface area (TPSA) is 29.5 Å². The highest BCUT2D eigenvalue weighted by Gasteiger charge is 2.37. The van der Waals surface area contributed by atoms with Gasteiger partial charge in [0.1, 0.15) is 5.75 Å². The van der Waals surface area contributed by atoms with Crippen molar-refractivity contribution in [3.63, 3.8) is 0 Å². The number of hydrogen-bond donors (Lipinski definition) is 0. The maximum atomic E-state index is 12.8. The Kier molecular flexibility index (Phi) is 4.54. The molecule has 0 bridgehead atoms. The molecule has 0 aromatic heterocycles. The standard InChI is InChI=1S/C26H27NO2/c1-26(17-19-9-10-20-7-3-4-8-21(20)15-19)18-29-24-16-22(11-12-23(24)26)25(28)27-13-5-2-6-14-27/h3-4,7-12,15-16H,2,5-6,13-14,17-18H2,1H3. The van der Waals surface area contributed by atoms with Gasteiger partial charge in [-0.3, -0.25) is 4.79 Å². The van der Waals surface area contributed by atoms with Crippen LogP contribution in [0.3, 0.4) is 0 Å². The van der Waals surface area contributed by atoms with E-state index in [2.05, 4.69) is 55.5 Å². The van der Waals surface area contributed by atoms with Crippen LogP contribution in [0.1, 0.15) is 47.7 Å². The maximum absolute atomic E-state index is 12.8. The number of fused-ring (bicyclic) bond motifs is 2. The van der Waals surface area contributed by atoms with Crippen LogP contribution < -0.4 is 4.74 Å². The molecule has 0 radical (unpaired) electrons. The summed E-state index contributed by atoms with van der Waals surface area (Å²) in [5.41, 5.74) is 3.20. The van der Waals surface area contributed by atoms with E-state index in [9.17, 15) is 4.79 Å². The zero-order valence-electron chi connectivity index (χ0n) is 17.0. The first-order valence-corrected chi connectivity index (χ1v) is 10.7. The summed E-state index contributed by atoms with van der Waals surface area (Å²) in [4.78, 5) is 14.8. The van der Waals surface area contributed by atoms with Crippen molar-refractivity contribution in [2.24, 2.45) is 0 Å². The van der Waals surface area contributed by atoms with Crippen LogP contribution >= 0.6 is 0 Å². The average Bonchev–Trinajstić information content (AvgIpc) is 3.09. The number of amides is 1. The first kappa shape index (κ1) is 18.2. The SMILES string of the molecule is CC1(Cc2ccc3ccccc3c2)COc2cc(C(=O)N3CCCCC3)ccc21. The third-order valence-corrected chi connectivity index (χ3v) is 6.48. The summed E-state index contributed by atoms with van der Waals surface area (Å²) >= 11 is 0. The third kappa shape index (κ3) is 3.39. The highest BCUT2D eigenvalue weighted by molar-refractivity contribution is 5.95. The van der Waals surface area contributed by atoms with Crippen LogP contribution in [0.5, 0.6) is 5.75 Å². The van der Waals surface area contributed by atoms with Crippen LogP contribution in [0.15, 0.2) is 60.7 Å². The van der Waals surface area contributed by atoms with Gasteiger partial charge in [-0.1, -0.05) is 55.5 Å². The Balaban J connectivity index is 1.40. The summed E-state index contributed by atoms with van der Waals surface area (Å²) < 4.78 is 6.08. The Labute approximate surface area is 172 Å². The number of carbonyl (C=O) groups is 1. The molecule has 1 saturated heterocycles. The van der Waals surface area contributed by atoms with E-state index in [0.717, 1.165) is 43.7 Å². The van der Waals surface area contributed by atoms with Gasteiger partial charge in [0, 0.05) is 29.6 Å². The van der Waals surface area contributed by atoms with Crippen molar-refractivity contribution < 1.29 is 9.53 Å². The minimum absolute atomic E-state index is 0.0789. The summed E-state index contributed by atoms with van der Waals surface area (Å²) in [6.45, 7) is 4.66. The van der Waals surface area contributed by atoms with E-state index in [0.29, 0.717) is 6.61 Å². The maximum Gasteiger partial charge on any atom is 0.253 e. The van der Waals surface area contributed by atoms with Crippen molar-refractivity contribution in [3.8, 4) is 5.75 Å². The summed E-state index contributed by atoms with van der Waals surface area (Å²) in [6.07, 6.45) is 4.36. The van der Waals surface area contributed by atoms with Gasteiger partial charge in [-0.05, 0) is 54.2 Å². The second-order valence-electron chi connectivity index (χ2n) is 8.77. The first-order valence-electron chi connectivity index (χ1n) is 10.7. The zero-order chi connectivity index (χ0) is 19.8. The number of piperidine rings is 1. The number of benzene rings is 3. The number of likely N-dealkylation sites (tertiary alicyclic amines) is 1. The van der Waals surface area contributed by atoms with Gasteiger partial charge in [-0.2, -0.15) is 0 Å². The molecule has 3 aromatic rings. The van der Waals surface area contributed by atoms with Gasteiger partial charge in [-0.25, -0.2) is 0 Å². The molecule has 2 aliphatic rings. The zero-order valence-corrected chi connectivity index (χ0v) is 17.0. The lowest BCUT2D eigenvalue weighted by Crippen LogP contribution is -2.35. The van der Waals surface area contributed by atoms with Gasteiger partial charge in [0.25, 0.3) is 5.91 Å². The molecule has 3 heteroatoms. The Bertz CT molecular complexity index is 1070. The summed E-state index contributed by atoms with van der Waals surface area (Å²) in [7, 11) is 0. The molecule has 1 unspecified atom stereocenters. The van der Waals surface area contributed by atoms with E-state index in [1.54, 1.807) is 0 Å². The quantitative estimate of drug-likeness (QED) is 0.607. The van der Waals surface area contributed by atoms with Crippen molar-refractivity contribution >= 4 is 16.7 Å². The van der Waals surface area contributed by atoms with Crippen molar-refractivity contribution in [3.05, 3.63) is 77.4 Å². The molecule has 2 heterocycles. The Hall–Kier alpha value is -2.81. The summed E-state index contributed by atoms with van der Waals surface area (Å²) in [5.74, 6) is 1.01. The summed E-state index contributed by atoms with van der Waals surface area (Å²) in [6, 6.07) is 21.2. The smallest absolute Gasteiger partial charge is 0.253 e. The molecule has 0 aliphatic carbocycles. The molecule has 3 aromatic carbocycles. The average molecular weight is 386 g/mol. The second kappa shape index (κ2) is 7.22. The van der Waals surface area contributed by atoms with E-state index in [4.69, 9.17) is 4.74 Å². The molecule has 1 amide bonds. The van der Waals surface area contributed by atoms with Gasteiger partial charge >= 0.3 is 0 Å². The molecular weight excluding hydrogens is 358 g/mol. The van der Waals surface area contributed by atoms with Crippen LogP contribution in [-0.4, -0.2) is 30.5 Å². The van der Waals surface area contributed by atoms with Crippen LogP contribution in [0.25, 0.3) is 10.8 Å². The fraction of sp³-hybridized carbons (Fsp3) is 0.346. The summed E-state index contributed by atoms with van der Waals surface area (Å²) in [5, 5.41) is 2.54. The molecule has 5 rings (SSSR count). The van der Waals surface area contributed by atoms with E-state index in [-0.39, 0.29) is 11.3 Å². The lowest BCUT2D eigenvalue weighted by molar-refractivity contribution is 0.0724. The van der Waals surface area contributed by atoms with Crippen molar-refractivity contribution in [1.29, 1.82) is 0 Å². The third-order valence-electron chi connectivity index (χ3n) is 6.48. The molecule has 0 N–H and O–H groups in total. The molecule has 1 atom stereocenters. The van der Waals surface area contributed by atoms with Crippen LogP contribution in [0.4, 0.5) is 0 Å². The van der Waals surface area contributed by atoms with Crippen LogP contribution in [-0.2, 0) is 11.8 Å². The largest absolute Gasteiger partial charge is 0.492 e. The minimum Gasteiger partial charge on any atom is -0.492 e. The van der Waals surface area contributed by atoms with Crippen LogP contribution in [0.2, 0.25) is 0 Å². The molecule has 29 heavy (non-hydrogen) atoms. The highest BCUT2D eigenvalue weighted by atomic mass is 16.5. The molecule has 148 valence electrons. The Morgan fingerprint density at radius 3 is 2.59 bits per heavy atom. The van der Waals surface area contributed by atoms with Gasteiger partial charge in [0.05, 0.1) is 6.61 Å². The van der Waals surface area contributed by atoms with Crippen LogP contribution in [0, 0.1) is 0 Å². The van der Waals surface area contributed by atoms with E-state index < -0.39 is 0 Å². The molecule has 2 aliphatic heterocycles. The monoisotopic (exact) mass is 385 g/mol.